The second-order valence-electron chi connectivity index (χ2n) is 5.38. The van der Waals surface area contributed by atoms with Gasteiger partial charge in [0.15, 0.2) is 5.78 Å². The third kappa shape index (κ3) is 2.73. The smallest absolute Gasteiger partial charge is 0.159 e. The summed E-state index contributed by atoms with van der Waals surface area (Å²) < 4.78 is 0. The second kappa shape index (κ2) is 5.53. The molecule has 0 saturated carbocycles. The van der Waals surface area contributed by atoms with Crippen LogP contribution in [0.2, 0.25) is 0 Å². The second-order valence-corrected chi connectivity index (χ2v) is 5.38. The van der Waals surface area contributed by atoms with Gasteiger partial charge in [0.05, 0.1) is 0 Å². The lowest BCUT2D eigenvalue weighted by Gasteiger charge is -2.06. The van der Waals surface area contributed by atoms with Crippen molar-refractivity contribution in [1.29, 1.82) is 0 Å². The van der Waals surface area contributed by atoms with Crippen LogP contribution in [0.15, 0.2) is 60.7 Å². The van der Waals surface area contributed by atoms with E-state index >= 15 is 0 Å². The van der Waals surface area contributed by atoms with Gasteiger partial charge in [0.2, 0.25) is 0 Å². The van der Waals surface area contributed by atoms with E-state index in [1.807, 2.05) is 24.3 Å². The van der Waals surface area contributed by atoms with Crippen LogP contribution < -0.4 is 0 Å². The molecular formula is C20H18O. The van der Waals surface area contributed by atoms with Gasteiger partial charge in [-0.05, 0) is 46.9 Å². The number of Topliss-reactive ketones (excluding diaryl/α,β-unsaturated/α-hetero) is 1. The number of fused-ring (bicyclic) bond motifs is 1. The Morgan fingerprint density at radius 1 is 0.810 bits per heavy atom. The molecule has 0 amide bonds. The highest BCUT2D eigenvalue weighted by Crippen LogP contribution is 2.25. The molecule has 3 aromatic rings. The molecule has 1 nitrogen and oxygen atoms in total. The minimum atomic E-state index is 0.104. The van der Waals surface area contributed by atoms with Crippen LogP contribution in [-0.4, -0.2) is 5.78 Å². The molecule has 0 heterocycles. The lowest BCUT2D eigenvalue weighted by Crippen LogP contribution is -1.90. The van der Waals surface area contributed by atoms with E-state index in [0.29, 0.717) is 0 Å². The minimum absolute atomic E-state index is 0.104. The molecule has 0 radical (unpaired) electrons. The summed E-state index contributed by atoms with van der Waals surface area (Å²) >= 11 is 0. The Bertz CT molecular complexity index is 798. The van der Waals surface area contributed by atoms with E-state index in [0.717, 1.165) is 17.5 Å². The predicted molar refractivity (Wildman–Crippen MR) is 88.8 cm³/mol. The zero-order chi connectivity index (χ0) is 14.8. The zero-order valence-electron chi connectivity index (χ0n) is 12.4. The Morgan fingerprint density at radius 3 is 2.10 bits per heavy atom. The van der Waals surface area contributed by atoms with Crippen molar-refractivity contribution in [3.8, 4) is 11.1 Å². The maximum atomic E-state index is 11.3. The fourth-order valence-electron chi connectivity index (χ4n) is 2.59. The summed E-state index contributed by atoms with van der Waals surface area (Å²) in [4.78, 5) is 11.3. The molecule has 104 valence electrons. The topological polar surface area (TPSA) is 17.1 Å². The van der Waals surface area contributed by atoms with Gasteiger partial charge in [0.1, 0.15) is 0 Å². The molecule has 0 N–H and O–H groups in total. The normalized spacial score (nSPS) is 10.8. The van der Waals surface area contributed by atoms with Crippen molar-refractivity contribution in [3.63, 3.8) is 0 Å². The van der Waals surface area contributed by atoms with Gasteiger partial charge in [-0.3, -0.25) is 4.79 Å². The largest absolute Gasteiger partial charge is 0.295 e. The number of ketones is 1. The molecule has 0 aliphatic carbocycles. The van der Waals surface area contributed by atoms with Crippen LogP contribution in [0.1, 0.15) is 29.8 Å². The molecule has 0 bridgehead atoms. The van der Waals surface area contributed by atoms with Crippen LogP contribution in [-0.2, 0) is 6.42 Å². The fourth-order valence-corrected chi connectivity index (χ4v) is 2.59. The maximum Gasteiger partial charge on any atom is 0.159 e. The highest BCUT2D eigenvalue weighted by Gasteiger charge is 2.03. The van der Waals surface area contributed by atoms with E-state index in [-0.39, 0.29) is 5.78 Å². The molecule has 0 fully saturated rings. The lowest BCUT2D eigenvalue weighted by atomic mass is 9.98. The zero-order valence-corrected chi connectivity index (χ0v) is 12.4. The number of carbonyl (C=O) groups is 1. The highest BCUT2D eigenvalue weighted by atomic mass is 16.1. The van der Waals surface area contributed by atoms with E-state index in [4.69, 9.17) is 0 Å². The third-order valence-electron chi connectivity index (χ3n) is 3.94. The average molecular weight is 274 g/mol. The summed E-state index contributed by atoms with van der Waals surface area (Å²) in [6, 6.07) is 20.9. The van der Waals surface area contributed by atoms with E-state index < -0.39 is 0 Å². The molecule has 0 aromatic heterocycles. The van der Waals surface area contributed by atoms with E-state index in [9.17, 15) is 4.79 Å². The number of aryl methyl sites for hydroxylation is 1. The SMILES string of the molecule is CCc1ccc2cc(-c3ccc(C(C)=O)cc3)ccc2c1. The first-order valence-corrected chi connectivity index (χ1v) is 7.31. The average Bonchev–Trinajstić information content (AvgIpc) is 2.54. The molecule has 3 aromatic carbocycles. The van der Waals surface area contributed by atoms with Gasteiger partial charge in [-0.1, -0.05) is 61.5 Å². The molecular weight excluding hydrogens is 256 g/mol. The molecule has 0 spiro atoms. The molecule has 21 heavy (non-hydrogen) atoms. The number of benzene rings is 3. The van der Waals surface area contributed by atoms with E-state index in [1.165, 1.54) is 21.9 Å². The quantitative estimate of drug-likeness (QED) is 0.594. The first-order chi connectivity index (χ1) is 10.2. The standard InChI is InChI=1S/C20H18O/c1-3-15-4-5-20-13-19(11-10-18(20)12-15)17-8-6-16(7-9-17)14(2)21/h4-13H,3H2,1-2H3. The number of carbonyl (C=O) groups excluding carboxylic acids is 1. The van der Waals surface area contributed by atoms with Gasteiger partial charge < -0.3 is 0 Å². The van der Waals surface area contributed by atoms with Crippen molar-refractivity contribution in [3.05, 3.63) is 71.8 Å². The van der Waals surface area contributed by atoms with Gasteiger partial charge >= 0.3 is 0 Å². The monoisotopic (exact) mass is 274 g/mol. The molecule has 0 aliphatic rings. The van der Waals surface area contributed by atoms with Gasteiger partial charge in [0, 0.05) is 5.56 Å². The van der Waals surface area contributed by atoms with Gasteiger partial charge in [-0.15, -0.1) is 0 Å². The Balaban J connectivity index is 2.02. The van der Waals surface area contributed by atoms with Crippen molar-refractivity contribution < 1.29 is 4.79 Å². The first kappa shape index (κ1) is 13.6. The van der Waals surface area contributed by atoms with Crippen LogP contribution in [0.5, 0.6) is 0 Å². The third-order valence-corrected chi connectivity index (χ3v) is 3.94. The lowest BCUT2D eigenvalue weighted by molar-refractivity contribution is 0.101. The van der Waals surface area contributed by atoms with Crippen LogP contribution in [0, 0.1) is 0 Å². The Hall–Kier alpha value is -2.41. The van der Waals surface area contributed by atoms with Crippen molar-refractivity contribution in [2.75, 3.05) is 0 Å². The first-order valence-electron chi connectivity index (χ1n) is 7.31. The summed E-state index contributed by atoms with van der Waals surface area (Å²) in [5, 5.41) is 2.53. The van der Waals surface area contributed by atoms with Crippen molar-refractivity contribution in [2.24, 2.45) is 0 Å². The molecule has 1 heteroatoms. The fraction of sp³-hybridized carbons (Fsp3) is 0.150. The van der Waals surface area contributed by atoms with Crippen LogP contribution >= 0.6 is 0 Å². The molecule has 0 atom stereocenters. The molecule has 0 aliphatic heterocycles. The van der Waals surface area contributed by atoms with Crippen molar-refractivity contribution in [1.82, 2.24) is 0 Å². The number of hydrogen-bond acceptors (Lipinski definition) is 1. The Labute approximate surface area is 125 Å². The number of hydrogen-bond donors (Lipinski definition) is 0. The van der Waals surface area contributed by atoms with Crippen LogP contribution in [0.3, 0.4) is 0 Å². The molecule has 0 saturated heterocycles. The van der Waals surface area contributed by atoms with Crippen molar-refractivity contribution in [2.45, 2.75) is 20.3 Å². The summed E-state index contributed by atoms with van der Waals surface area (Å²) in [5.41, 5.74) is 4.44. The van der Waals surface area contributed by atoms with Gasteiger partial charge in [-0.25, -0.2) is 0 Å². The highest BCUT2D eigenvalue weighted by molar-refractivity contribution is 5.94. The number of rotatable bonds is 3. The molecule has 0 unspecified atom stereocenters. The summed E-state index contributed by atoms with van der Waals surface area (Å²) in [7, 11) is 0. The Morgan fingerprint density at radius 2 is 1.43 bits per heavy atom. The summed E-state index contributed by atoms with van der Waals surface area (Å²) in [6.45, 7) is 3.77. The maximum absolute atomic E-state index is 11.3. The van der Waals surface area contributed by atoms with Crippen LogP contribution in [0.25, 0.3) is 21.9 Å². The van der Waals surface area contributed by atoms with E-state index in [2.05, 4.69) is 43.3 Å². The van der Waals surface area contributed by atoms with Crippen LogP contribution in [0.4, 0.5) is 0 Å². The predicted octanol–water partition coefficient (Wildman–Crippen LogP) is 5.27. The van der Waals surface area contributed by atoms with Gasteiger partial charge in [0.25, 0.3) is 0 Å². The Kier molecular flexibility index (Phi) is 3.57. The van der Waals surface area contributed by atoms with Gasteiger partial charge in [-0.2, -0.15) is 0 Å². The molecule has 3 rings (SSSR count). The van der Waals surface area contributed by atoms with Crippen molar-refractivity contribution >= 4 is 16.6 Å². The minimum Gasteiger partial charge on any atom is -0.295 e. The summed E-state index contributed by atoms with van der Waals surface area (Å²) in [6.07, 6.45) is 1.06. The summed E-state index contributed by atoms with van der Waals surface area (Å²) in [5.74, 6) is 0.104. The van der Waals surface area contributed by atoms with E-state index in [1.54, 1.807) is 6.92 Å².